The summed E-state index contributed by atoms with van der Waals surface area (Å²) in [5.41, 5.74) is 3.12. The van der Waals surface area contributed by atoms with Gasteiger partial charge in [0.2, 0.25) is 0 Å². The van der Waals surface area contributed by atoms with Crippen molar-refractivity contribution in [3.63, 3.8) is 0 Å². The zero-order chi connectivity index (χ0) is 9.26. The maximum absolute atomic E-state index is 8.59. The van der Waals surface area contributed by atoms with Gasteiger partial charge in [0.1, 0.15) is 5.65 Å². The molecule has 2 rings (SSSR count). The summed E-state index contributed by atoms with van der Waals surface area (Å²) in [6.07, 6.45) is 6.06. The molecule has 13 heavy (non-hydrogen) atoms. The first-order valence-electron chi connectivity index (χ1n) is 4.10. The smallest absolute Gasteiger partial charge is 0.136 e. The molecule has 0 aliphatic rings. The molecule has 2 aromatic rings. The number of hydrogen-bond acceptors (Lipinski definition) is 2. The fourth-order valence-corrected chi connectivity index (χ4v) is 1.37. The van der Waals surface area contributed by atoms with Crippen LogP contribution < -0.4 is 0 Å². The second-order valence-corrected chi connectivity index (χ2v) is 3.01. The normalized spacial score (nSPS) is 10.2. The topological polar surface area (TPSA) is 41.1 Å². The highest BCUT2D eigenvalue weighted by Crippen LogP contribution is 2.11. The lowest BCUT2D eigenvalue weighted by atomic mass is 10.1. The second-order valence-electron chi connectivity index (χ2n) is 3.01. The van der Waals surface area contributed by atoms with E-state index in [1.165, 1.54) is 0 Å². The van der Waals surface area contributed by atoms with E-state index in [1.54, 1.807) is 6.20 Å². The van der Waals surface area contributed by atoms with Crippen molar-refractivity contribution in [3.05, 3.63) is 35.8 Å². The molecule has 64 valence electrons. The average Bonchev–Trinajstić information content (AvgIpc) is 2.52. The largest absolute Gasteiger partial charge is 0.307 e. The molecule has 0 fully saturated rings. The summed E-state index contributed by atoms with van der Waals surface area (Å²) in [4.78, 5) is 4.16. The summed E-state index contributed by atoms with van der Waals surface area (Å²) in [5, 5.41) is 8.59. The van der Waals surface area contributed by atoms with E-state index < -0.39 is 0 Å². The molecule has 0 aliphatic heterocycles. The minimum absolute atomic E-state index is 0.458. The maximum Gasteiger partial charge on any atom is 0.136 e. The van der Waals surface area contributed by atoms with Gasteiger partial charge in [0.15, 0.2) is 0 Å². The number of imidazole rings is 1. The Bertz CT molecular complexity index is 476. The molecule has 3 heteroatoms. The fraction of sp³-hybridized carbons (Fsp3) is 0.200. The highest BCUT2D eigenvalue weighted by molar-refractivity contribution is 5.44. The quantitative estimate of drug-likeness (QED) is 0.655. The lowest BCUT2D eigenvalue weighted by Crippen LogP contribution is -1.92. The highest BCUT2D eigenvalue weighted by Gasteiger charge is 2.00. The van der Waals surface area contributed by atoms with Gasteiger partial charge in [0, 0.05) is 18.6 Å². The zero-order valence-corrected chi connectivity index (χ0v) is 7.36. The zero-order valence-electron chi connectivity index (χ0n) is 7.36. The number of aryl methyl sites for hydroxylation is 1. The summed E-state index contributed by atoms with van der Waals surface area (Å²) in [6.45, 7) is 2.00. The summed E-state index contributed by atoms with van der Waals surface area (Å²) in [6, 6.07) is 4.14. The van der Waals surface area contributed by atoms with Crippen molar-refractivity contribution in [2.75, 3.05) is 0 Å². The molecule has 0 saturated carbocycles. The Labute approximate surface area is 76.3 Å². The van der Waals surface area contributed by atoms with Crippen molar-refractivity contribution in [2.24, 2.45) is 0 Å². The van der Waals surface area contributed by atoms with E-state index in [1.807, 2.05) is 29.8 Å². The van der Waals surface area contributed by atoms with Gasteiger partial charge >= 0.3 is 0 Å². The number of rotatable bonds is 1. The first-order valence-corrected chi connectivity index (χ1v) is 4.10. The first kappa shape index (κ1) is 7.81. The Morgan fingerprint density at radius 2 is 2.46 bits per heavy atom. The molecule has 0 bridgehead atoms. The number of nitriles is 1. The Hall–Kier alpha value is -1.82. The van der Waals surface area contributed by atoms with Crippen LogP contribution in [-0.4, -0.2) is 9.38 Å². The Morgan fingerprint density at radius 1 is 1.62 bits per heavy atom. The molecule has 0 N–H and O–H groups in total. The van der Waals surface area contributed by atoms with Gasteiger partial charge < -0.3 is 4.40 Å². The van der Waals surface area contributed by atoms with Crippen LogP contribution in [0.1, 0.15) is 11.1 Å². The van der Waals surface area contributed by atoms with Crippen molar-refractivity contribution < 1.29 is 0 Å². The van der Waals surface area contributed by atoms with Crippen LogP contribution in [-0.2, 0) is 6.42 Å². The fourth-order valence-electron chi connectivity index (χ4n) is 1.37. The van der Waals surface area contributed by atoms with Gasteiger partial charge in [-0.25, -0.2) is 4.98 Å². The van der Waals surface area contributed by atoms with Crippen LogP contribution in [0.25, 0.3) is 5.65 Å². The minimum atomic E-state index is 0.458. The molecule has 0 unspecified atom stereocenters. The lowest BCUT2D eigenvalue weighted by molar-refractivity contribution is 1.10. The second kappa shape index (κ2) is 2.91. The Morgan fingerprint density at radius 3 is 3.23 bits per heavy atom. The first-order chi connectivity index (χ1) is 6.31. The van der Waals surface area contributed by atoms with Crippen molar-refractivity contribution >= 4 is 5.65 Å². The summed E-state index contributed by atoms with van der Waals surface area (Å²) in [7, 11) is 0. The van der Waals surface area contributed by atoms with E-state index in [0.29, 0.717) is 6.42 Å². The van der Waals surface area contributed by atoms with Crippen molar-refractivity contribution in [2.45, 2.75) is 13.3 Å². The average molecular weight is 171 g/mol. The van der Waals surface area contributed by atoms with Crippen LogP contribution in [0.15, 0.2) is 24.7 Å². The van der Waals surface area contributed by atoms with Crippen LogP contribution in [0, 0.1) is 18.3 Å². The monoisotopic (exact) mass is 171 g/mol. The maximum atomic E-state index is 8.59. The third kappa shape index (κ3) is 1.27. The number of nitrogens with zero attached hydrogens (tertiary/aromatic N) is 3. The van der Waals surface area contributed by atoms with E-state index in [0.717, 1.165) is 16.8 Å². The van der Waals surface area contributed by atoms with Gasteiger partial charge in [-0.3, -0.25) is 0 Å². The van der Waals surface area contributed by atoms with Gasteiger partial charge in [-0.2, -0.15) is 5.26 Å². The van der Waals surface area contributed by atoms with Crippen molar-refractivity contribution in [1.29, 1.82) is 5.26 Å². The van der Waals surface area contributed by atoms with Crippen LogP contribution >= 0.6 is 0 Å². The van der Waals surface area contributed by atoms with E-state index in [-0.39, 0.29) is 0 Å². The molecule has 0 saturated heterocycles. The summed E-state index contributed by atoms with van der Waals surface area (Å²) < 4.78 is 1.93. The van der Waals surface area contributed by atoms with Gasteiger partial charge in [-0.15, -0.1) is 0 Å². The van der Waals surface area contributed by atoms with E-state index >= 15 is 0 Å². The van der Waals surface area contributed by atoms with Crippen LogP contribution in [0.3, 0.4) is 0 Å². The van der Waals surface area contributed by atoms with Crippen molar-refractivity contribution in [3.8, 4) is 6.07 Å². The molecule has 0 spiro atoms. The third-order valence-corrected chi connectivity index (χ3v) is 2.12. The van der Waals surface area contributed by atoms with Crippen LogP contribution in [0.5, 0.6) is 0 Å². The predicted molar refractivity (Wildman–Crippen MR) is 49.2 cm³/mol. The van der Waals surface area contributed by atoms with E-state index in [9.17, 15) is 0 Å². The van der Waals surface area contributed by atoms with E-state index in [4.69, 9.17) is 5.26 Å². The molecule has 0 amide bonds. The van der Waals surface area contributed by atoms with Gasteiger partial charge in [-0.1, -0.05) is 0 Å². The molecule has 0 radical (unpaired) electrons. The number of fused-ring (bicyclic) bond motifs is 1. The number of pyridine rings is 1. The summed E-state index contributed by atoms with van der Waals surface area (Å²) in [5.74, 6) is 0. The third-order valence-electron chi connectivity index (χ3n) is 2.12. The predicted octanol–water partition coefficient (Wildman–Crippen LogP) is 1.71. The molecule has 2 aromatic heterocycles. The molecular formula is C10H9N3. The number of aromatic nitrogens is 2. The lowest BCUT2D eigenvalue weighted by Gasteiger charge is -2.02. The molecular weight excluding hydrogens is 162 g/mol. The Kier molecular flexibility index (Phi) is 1.75. The summed E-state index contributed by atoms with van der Waals surface area (Å²) >= 11 is 0. The minimum Gasteiger partial charge on any atom is -0.307 e. The van der Waals surface area contributed by atoms with Gasteiger partial charge in [-0.05, 0) is 24.1 Å². The SMILES string of the molecule is Cc1cc2nccn2cc1CC#N. The Balaban J connectivity index is 2.64. The van der Waals surface area contributed by atoms with Gasteiger partial charge in [0.05, 0.1) is 12.5 Å². The van der Waals surface area contributed by atoms with Crippen molar-refractivity contribution in [1.82, 2.24) is 9.38 Å². The van der Waals surface area contributed by atoms with Crippen LogP contribution in [0.2, 0.25) is 0 Å². The number of hydrogen-bond donors (Lipinski definition) is 0. The van der Waals surface area contributed by atoms with Crippen LogP contribution in [0.4, 0.5) is 0 Å². The van der Waals surface area contributed by atoms with Gasteiger partial charge in [0.25, 0.3) is 0 Å². The standard InChI is InChI=1S/C10H9N3/c1-8-6-10-12-4-5-13(10)7-9(8)2-3-11/h4-7H,2H2,1H3. The van der Waals surface area contributed by atoms with E-state index in [2.05, 4.69) is 11.1 Å². The molecule has 0 aliphatic carbocycles. The molecule has 0 aromatic carbocycles. The molecule has 0 atom stereocenters. The highest BCUT2D eigenvalue weighted by atomic mass is 15.0. The molecule has 2 heterocycles. The molecule has 3 nitrogen and oxygen atoms in total.